The van der Waals surface area contributed by atoms with E-state index in [0.717, 1.165) is 18.7 Å². The Kier molecular flexibility index (Phi) is 2.10. The number of rotatable bonds is 3. The molecule has 1 aliphatic rings. The van der Waals surface area contributed by atoms with Gasteiger partial charge in [-0.3, -0.25) is 0 Å². The van der Waals surface area contributed by atoms with E-state index >= 15 is 0 Å². The van der Waals surface area contributed by atoms with Crippen molar-refractivity contribution in [2.24, 2.45) is 11.1 Å². The first-order valence-corrected chi connectivity index (χ1v) is 5.13. The van der Waals surface area contributed by atoms with E-state index in [-0.39, 0.29) is 6.04 Å². The van der Waals surface area contributed by atoms with Crippen LogP contribution in [0.1, 0.15) is 57.3 Å². The molecule has 0 aromatic carbocycles. The summed E-state index contributed by atoms with van der Waals surface area (Å²) in [5, 5.41) is 3.98. The van der Waals surface area contributed by atoms with Gasteiger partial charge in [0.1, 0.15) is 0 Å². The molecule has 0 bridgehead atoms. The van der Waals surface area contributed by atoms with E-state index in [1.165, 1.54) is 0 Å². The molecule has 1 saturated carbocycles. The molecule has 4 nitrogen and oxygen atoms in total. The van der Waals surface area contributed by atoms with Crippen molar-refractivity contribution in [3.05, 3.63) is 11.7 Å². The molecule has 4 heteroatoms. The van der Waals surface area contributed by atoms with E-state index in [2.05, 4.69) is 24.0 Å². The minimum atomic E-state index is -0.113. The molecule has 1 heterocycles. The smallest absolute Gasteiger partial charge is 0.243 e. The number of aromatic nitrogens is 2. The summed E-state index contributed by atoms with van der Waals surface area (Å²) in [5.41, 5.74) is 6.14. The van der Waals surface area contributed by atoms with Gasteiger partial charge >= 0.3 is 0 Å². The van der Waals surface area contributed by atoms with Crippen LogP contribution < -0.4 is 5.73 Å². The van der Waals surface area contributed by atoms with E-state index in [1.54, 1.807) is 0 Å². The number of nitrogens with two attached hydrogens (primary N) is 1. The average Bonchev–Trinajstić information content (AvgIpc) is 2.64. The highest BCUT2D eigenvalue weighted by atomic mass is 16.5. The third-order valence-corrected chi connectivity index (χ3v) is 3.04. The highest BCUT2D eigenvalue weighted by molar-refractivity contribution is 5.14. The maximum absolute atomic E-state index is 5.80. The average molecular weight is 195 g/mol. The minimum Gasteiger partial charge on any atom is -0.338 e. The Morgan fingerprint density at radius 1 is 1.64 bits per heavy atom. The Morgan fingerprint density at radius 3 is 2.79 bits per heavy atom. The molecule has 0 saturated heterocycles. The molecule has 0 aliphatic heterocycles. The molecule has 2 atom stereocenters. The Morgan fingerprint density at radius 2 is 2.29 bits per heavy atom. The van der Waals surface area contributed by atoms with Gasteiger partial charge in [-0.05, 0) is 18.3 Å². The zero-order chi connectivity index (χ0) is 10.3. The lowest BCUT2D eigenvalue weighted by molar-refractivity contribution is 0.347. The van der Waals surface area contributed by atoms with Crippen molar-refractivity contribution in [1.29, 1.82) is 0 Å². The molecule has 1 aromatic heterocycles. The van der Waals surface area contributed by atoms with Crippen LogP contribution in [0.25, 0.3) is 0 Å². The summed E-state index contributed by atoms with van der Waals surface area (Å²) in [5.74, 6) is 1.86. The van der Waals surface area contributed by atoms with Crippen LogP contribution in [0.2, 0.25) is 0 Å². The standard InChI is InChI=1S/C10H17N3O/c1-4-7(11)9-12-8(13-14-9)6-5-10(6,2)3/h6-7H,4-5,11H2,1-3H3. The first-order chi connectivity index (χ1) is 6.54. The summed E-state index contributed by atoms with van der Waals surface area (Å²) in [6, 6.07) is -0.113. The predicted molar refractivity (Wildman–Crippen MR) is 52.7 cm³/mol. The molecule has 2 N–H and O–H groups in total. The summed E-state index contributed by atoms with van der Waals surface area (Å²) < 4.78 is 5.13. The van der Waals surface area contributed by atoms with Gasteiger partial charge in [-0.2, -0.15) is 4.98 Å². The maximum Gasteiger partial charge on any atom is 0.243 e. The molecule has 0 amide bonds. The van der Waals surface area contributed by atoms with E-state index in [9.17, 15) is 0 Å². The zero-order valence-electron chi connectivity index (χ0n) is 8.95. The van der Waals surface area contributed by atoms with Crippen molar-refractivity contribution >= 4 is 0 Å². The predicted octanol–water partition coefficient (Wildman–Crippen LogP) is 1.99. The van der Waals surface area contributed by atoms with E-state index in [0.29, 0.717) is 17.2 Å². The zero-order valence-corrected chi connectivity index (χ0v) is 8.95. The van der Waals surface area contributed by atoms with Crippen LogP contribution in [0.5, 0.6) is 0 Å². The highest BCUT2D eigenvalue weighted by Crippen LogP contribution is 2.57. The summed E-state index contributed by atoms with van der Waals surface area (Å²) in [7, 11) is 0. The summed E-state index contributed by atoms with van der Waals surface area (Å²) in [4.78, 5) is 4.34. The van der Waals surface area contributed by atoms with Gasteiger partial charge in [0, 0.05) is 5.92 Å². The van der Waals surface area contributed by atoms with Crippen LogP contribution in [0.4, 0.5) is 0 Å². The van der Waals surface area contributed by atoms with Gasteiger partial charge in [-0.1, -0.05) is 25.9 Å². The van der Waals surface area contributed by atoms with Gasteiger partial charge in [0.15, 0.2) is 5.82 Å². The summed E-state index contributed by atoms with van der Waals surface area (Å²) in [6.07, 6.45) is 1.98. The normalized spacial score (nSPS) is 26.1. The van der Waals surface area contributed by atoms with Crippen LogP contribution in [0, 0.1) is 5.41 Å². The second-order valence-electron chi connectivity index (χ2n) is 4.75. The molecule has 2 unspecified atom stereocenters. The van der Waals surface area contributed by atoms with Crippen molar-refractivity contribution in [2.75, 3.05) is 0 Å². The van der Waals surface area contributed by atoms with E-state index in [4.69, 9.17) is 10.3 Å². The SMILES string of the molecule is CCC(N)c1nc(C2CC2(C)C)no1. The Bertz CT molecular complexity index is 332. The maximum atomic E-state index is 5.80. The van der Waals surface area contributed by atoms with Gasteiger partial charge in [-0.25, -0.2) is 0 Å². The topological polar surface area (TPSA) is 64.9 Å². The third-order valence-electron chi connectivity index (χ3n) is 3.04. The Hall–Kier alpha value is -0.900. The molecule has 14 heavy (non-hydrogen) atoms. The lowest BCUT2D eigenvalue weighted by Gasteiger charge is -1.99. The summed E-state index contributed by atoms with van der Waals surface area (Å²) >= 11 is 0. The molecule has 1 aromatic rings. The first-order valence-electron chi connectivity index (χ1n) is 5.13. The third kappa shape index (κ3) is 1.54. The van der Waals surface area contributed by atoms with Crippen molar-refractivity contribution < 1.29 is 4.52 Å². The van der Waals surface area contributed by atoms with Crippen LogP contribution in [-0.2, 0) is 0 Å². The Balaban J connectivity index is 2.11. The molecule has 0 spiro atoms. The van der Waals surface area contributed by atoms with Gasteiger partial charge < -0.3 is 10.3 Å². The van der Waals surface area contributed by atoms with Crippen molar-refractivity contribution in [2.45, 2.75) is 45.6 Å². The quantitative estimate of drug-likeness (QED) is 0.801. The molecule has 1 aliphatic carbocycles. The van der Waals surface area contributed by atoms with E-state index in [1.807, 2.05) is 6.92 Å². The van der Waals surface area contributed by atoms with Crippen LogP contribution in [-0.4, -0.2) is 10.1 Å². The van der Waals surface area contributed by atoms with Crippen molar-refractivity contribution in [3.8, 4) is 0 Å². The first kappa shape index (κ1) is 9.65. The number of nitrogens with zero attached hydrogens (tertiary/aromatic N) is 2. The molecular formula is C10H17N3O. The molecule has 2 rings (SSSR count). The van der Waals surface area contributed by atoms with Crippen molar-refractivity contribution in [3.63, 3.8) is 0 Å². The van der Waals surface area contributed by atoms with Crippen LogP contribution in [0.15, 0.2) is 4.52 Å². The second kappa shape index (κ2) is 3.05. The lowest BCUT2D eigenvalue weighted by Crippen LogP contribution is -2.08. The largest absolute Gasteiger partial charge is 0.338 e. The molecule has 1 fully saturated rings. The summed E-state index contributed by atoms with van der Waals surface area (Å²) in [6.45, 7) is 6.44. The molecule has 0 radical (unpaired) electrons. The van der Waals surface area contributed by atoms with Crippen molar-refractivity contribution in [1.82, 2.24) is 10.1 Å². The number of hydrogen-bond acceptors (Lipinski definition) is 4. The fraction of sp³-hybridized carbons (Fsp3) is 0.800. The fourth-order valence-corrected chi connectivity index (χ4v) is 1.62. The van der Waals surface area contributed by atoms with Gasteiger partial charge in [-0.15, -0.1) is 0 Å². The molecule has 78 valence electrons. The molecular weight excluding hydrogens is 178 g/mol. The van der Waals surface area contributed by atoms with E-state index < -0.39 is 0 Å². The Labute approximate surface area is 83.9 Å². The van der Waals surface area contributed by atoms with Crippen LogP contribution in [0.3, 0.4) is 0 Å². The fourth-order valence-electron chi connectivity index (χ4n) is 1.62. The highest BCUT2D eigenvalue weighted by Gasteiger charge is 2.49. The minimum absolute atomic E-state index is 0.113. The monoisotopic (exact) mass is 195 g/mol. The second-order valence-corrected chi connectivity index (χ2v) is 4.75. The lowest BCUT2D eigenvalue weighted by atomic mass is 10.1. The van der Waals surface area contributed by atoms with Gasteiger partial charge in [0.05, 0.1) is 6.04 Å². The number of hydrogen-bond donors (Lipinski definition) is 1. The van der Waals surface area contributed by atoms with Gasteiger partial charge in [0.2, 0.25) is 5.89 Å². The van der Waals surface area contributed by atoms with Gasteiger partial charge in [0.25, 0.3) is 0 Å². The van der Waals surface area contributed by atoms with Crippen LogP contribution >= 0.6 is 0 Å².